The van der Waals surface area contributed by atoms with Gasteiger partial charge in [-0.2, -0.15) is 0 Å². The molecule has 0 unspecified atom stereocenters. The summed E-state index contributed by atoms with van der Waals surface area (Å²) in [5.41, 5.74) is -0.881. The highest BCUT2D eigenvalue weighted by Crippen LogP contribution is 2.39. The van der Waals surface area contributed by atoms with E-state index in [4.69, 9.17) is 28.1 Å². The van der Waals surface area contributed by atoms with E-state index < -0.39 is 52.7 Å². The van der Waals surface area contributed by atoms with E-state index in [0.29, 0.717) is 16.7 Å². The SMILES string of the molecule is CO[C@@H]1[C@H]2OC(=O)O[C@H]2[C@H](Oc2ccc3cc(CC(=O)c4cccc([N+](=O)[O-])c4)c(=O)oc3c2C)OC1(C)C. The first kappa shape index (κ1) is 26.3. The number of fused-ring (bicyclic) bond motifs is 2. The summed E-state index contributed by atoms with van der Waals surface area (Å²) >= 11 is 0. The van der Waals surface area contributed by atoms with E-state index in [1.54, 1.807) is 39.0 Å². The second-order valence-electron chi connectivity index (χ2n) is 9.85. The van der Waals surface area contributed by atoms with E-state index in [0.717, 1.165) is 0 Å². The number of hydrogen-bond acceptors (Lipinski definition) is 11. The zero-order valence-electron chi connectivity index (χ0n) is 21.5. The number of carbonyl (C=O) groups is 2. The molecule has 3 heterocycles. The fourth-order valence-corrected chi connectivity index (χ4v) is 4.96. The summed E-state index contributed by atoms with van der Waals surface area (Å²) in [6.07, 6.45) is -4.40. The Morgan fingerprint density at radius 3 is 2.56 bits per heavy atom. The normalized spacial score (nSPS) is 23.5. The van der Waals surface area contributed by atoms with Gasteiger partial charge >= 0.3 is 11.8 Å². The predicted molar refractivity (Wildman–Crippen MR) is 134 cm³/mol. The molecule has 2 aromatic carbocycles. The molecule has 12 nitrogen and oxygen atoms in total. The van der Waals surface area contributed by atoms with Gasteiger partial charge in [0.15, 0.2) is 11.9 Å². The lowest BCUT2D eigenvalue weighted by atomic mass is 9.89. The van der Waals surface area contributed by atoms with Crippen LogP contribution < -0.4 is 10.4 Å². The molecule has 2 saturated heterocycles. The van der Waals surface area contributed by atoms with E-state index in [1.807, 2.05) is 0 Å². The minimum absolute atomic E-state index is 0.105. The van der Waals surface area contributed by atoms with Crippen molar-refractivity contribution in [1.29, 1.82) is 0 Å². The van der Waals surface area contributed by atoms with Gasteiger partial charge in [-0.15, -0.1) is 0 Å². The van der Waals surface area contributed by atoms with Crippen LogP contribution in [0.15, 0.2) is 51.7 Å². The van der Waals surface area contributed by atoms with E-state index in [2.05, 4.69) is 0 Å². The molecule has 204 valence electrons. The van der Waals surface area contributed by atoms with E-state index >= 15 is 0 Å². The largest absolute Gasteiger partial charge is 0.509 e. The van der Waals surface area contributed by atoms with Crippen molar-refractivity contribution >= 4 is 28.6 Å². The molecule has 0 amide bonds. The molecule has 2 aliphatic rings. The molecule has 1 aromatic heterocycles. The number of Topliss-reactive ketones (excluding diaryl/α,β-unsaturated/α-hetero) is 1. The number of nitrogens with zero attached hydrogens (tertiary/aromatic N) is 1. The number of hydrogen-bond donors (Lipinski definition) is 0. The maximum Gasteiger partial charge on any atom is 0.509 e. The monoisotopic (exact) mass is 539 g/mol. The molecule has 0 aliphatic carbocycles. The molecule has 3 aromatic rings. The fraction of sp³-hybridized carbons (Fsp3) is 0.370. The van der Waals surface area contributed by atoms with Gasteiger partial charge in [0.1, 0.15) is 17.4 Å². The third-order valence-electron chi connectivity index (χ3n) is 6.86. The topological polar surface area (TPSA) is 154 Å². The van der Waals surface area contributed by atoms with Gasteiger partial charge < -0.3 is 28.1 Å². The average molecular weight is 539 g/mol. The first-order valence-electron chi connectivity index (χ1n) is 12.1. The van der Waals surface area contributed by atoms with Crippen LogP contribution in [0.25, 0.3) is 11.0 Å². The summed E-state index contributed by atoms with van der Waals surface area (Å²) in [5.74, 6) is -0.138. The molecule has 2 aliphatic heterocycles. The molecule has 2 fully saturated rings. The maximum atomic E-state index is 12.8. The van der Waals surface area contributed by atoms with Gasteiger partial charge in [0.2, 0.25) is 12.4 Å². The number of aryl methyl sites for hydroxylation is 1. The van der Waals surface area contributed by atoms with Crippen LogP contribution >= 0.6 is 0 Å². The molecule has 0 N–H and O–H groups in total. The van der Waals surface area contributed by atoms with Crippen LogP contribution in [0.2, 0.25) is 0 Å². The molecular formula is C27H25NO11. The van der Waals surface area contributed by atoms with Crippen LogP contribution in [-0.4, -0.2) is 54.2 Å². The Morgan fingerprint density at radius 2 is 1.85 bits per heavy atom. The highest BCUT2D eigenvalue weighted by molar-refractivity contribution is 5.98. The quantitative estimate of drug-likeness (QED) is 0.141. The van der Waals surface area contributed by atoms with Crippen molar-refractivity contribution in [3.05, 3.63) is 79.7 Å². The third-order valence-corrected chi connectivity index (χ3v) is 6.86. The Balaban J connectivity index is 1.41. The fourth-order valence-electron chi connectivity index (χ4n) is 4.96. The van der Waals surface area contributed by atoms with Gasteiger partial charge in [0.25, 0.3) is 5.69 Å². The molecule has 0 spiro atoms. The molecule has 5 rings (SSSR count). The van der Waals surface area contributed by atoms with Crippen LogP contribution in [0, 0.1) is 17.0 Å². The van der Waals surface area contributed by atoms with E-state index in [-0.39, 0.29) is 28.8 Å². The van der Waals surface area contributed by atoms with Gasteiger partial charge in [0, 0.05) is 47.7 Å². The van der Waals surface area contributed by atoms with Crippen LogP contribution in [0.3, 0.4) is 0 Å². The lowest BCUT2D eigenvalue weighted by Gasteiger charge is -2.45. The highest BCUT2D eigenvalue weighted by atomic mass is 16.8. The number of non-ortho nitro benzene ring substituents is 1. The number of nitro benzene ring substituents is 1. The van der Waals surface area contributed by atoms with Gasteiger partial charge in [-0.25, -0.2) is 9.59 Å². The molecule has 0 radical (unpaired) electrons. The smallest absolute Gasteiger partial charge is 0.460 e. The predicted octanol–water partition coefficient (Wildman–Crippen LogP) is 3.87. The molecule has 12 heteroatoms. The lowest BCUT2D eigenvalue weighted by molar-refractivity contribution is -0.384. The van der Waals surface area contributed by atoms with Crippen molar-refractivity contribution in [2.45, 2.75) is 57.4 Å². The number of ether oxygens (including phenoxy) is 5. The van der Waals surface area contributed by atoms with Gasteiger partial charge in [-0.1, -0.05) is 12.1 Å². The van der Waals surface area contributed by atoms with Crippen LogP contribution in [0.5, 0.6) is 5.75 Å². The van der Waals surface area contributed by atoms with Gasteiger partial charge in [0.05, 0.1) is 10.5 Å². The average Bonchev–Trinajstić information content (AvgIpc) is 3.27. The Morgan fingerprint density at radius 1 is 1.10 bits per heavy atom. The van der Waals surface area contributed by atoms with Crippen molar-refractivity contribution in [2.75, 3.05) is 7.11 Å². The number of methoxy groups -OCH3 is 1. The molecule has 39 heavy (non-hydrogen) atoms. The summed E-state index contributed by atoms with van der Waals surface area (Å²) < 4.78 is 33.9. The Hall–Kier alpha value is -4.29. The van der Waals surface area contributed by atoms with E-state index in [1.165, 1.54) is 31.4 Å². The van der Waals surface area contributed by atoms with E-state index in [9.17, 15) is 24.5 Å². The second kappa shape index (κ2) is 9.79. The lowest BCUT2D eigenvalue weighted by Crippen LogP contribution is -2.62. The zero-order valence-corrected chi connectivity index (χ0v) is 21.5. The van der Waals surface area contributed by atoms with Crippen LogP contribution in [0.4, 0.5) is 10.5 Å². The third kappa shape index (κ3) is 4.84. The van der Waals surface area contributed by atoms with Crippen molar-refractivity contribution in [2.24, 2.45) is 0 Å². The number of carbonyl (C=O) groups excluding carboxylic acids is 2. The first-order chi connectivity index (χ1) is 18.5. The molecule has 0 bridgehead atoms. The molecular weight excluding hydrogens is 514 g/mol. The Labute approximate surface area is 221 Å². The first-order valence-corrected chi connectivity index (χ1v) is 12.1. The number of nitro groups is 1. The summed E-state index contributed by atoms with van der Waals surface area (Å²) in [7, 11) is 1.49. The van der Waals surface area contributed by atoms with Crippen molar-refractivity contribution in [3.8, 4) is 5.75 Å². The van der Waals surface area contributed by atoms with Gasteiger partial charge in [-0.3, -0.25) is 14.9 Å². The Bertz CT molecular complexity index is 1540. The number of ketones is 1. The zero-order chi connectivity index (χ0) is 28.1. The van der Waals surface area contributed by atoms with Crippen LogP contribution in [-0.2, 0) is 25.4 Å². The number of rotatable bonds is 7. The van der Waals surface area contributed by atoms with Crippen molar-refractivity contribution in [3.63, 3.8) is 0 Å². The van der Waals surface area contributed by atoms with Crippen molar-refractivity contribution in [1.82, 2.24) is 0 Å². The Kier molecular flexibility index (Phi) is 6.60. The van der Waals surface area contributed by atoms with Crippen molar-refractivity contribution < 1.29 is 42.6 Å². The highest BCUT2D eigenvalue weighted by Gasteiger charge is 2.59. The molecule has 4 atom stereocenters. The summed E-state index contributed by atoms with van der Waals surface area (Å²) in [6.45, 7) is 5.25. The maximum absolute atomic E-state index is 12.8. The minimum Gasteiger partial charge on any atom is -0.460 e. The molecule has 0 saturated carbocycles. The standard InChI is InChI=1S/C27H25NO11/c1-13-19(35-25-22-21(37-26(31)38-22)23(34-4)27(2,3)39-25)9-8-15-10-16(24(30)36-20(13)15)12-18(29)14-6-5-7-17(11-14)28(32)33/h5-11,21-23,25H,12H2,1-4H3/t21-,22+,23+,25+/m0/s1. The second-order valence-corrected chi connectivity index (χ2v) is 9.85. The summed E-state index contributed by atoms with van der Waals surface area (Å²) in [6, 6.07) is 10.2. The summed E-state index contributed by atoms with van der Waals surface area (Å²) in [4.78, 5) is 47.8. The minimum atomic E-state index is -1.03. The van der Waals surface area contributed by atoms with Gasteiger partial charge in [-0.05, 0) is 39.0 Å². The summed E-state index contributed by atoms with van der Waals surface area (Å²) in [5, 5.41) is 11.6. The van der Waals surface area contributed by atoms with Crippen LogP contribution in [0.1, 0.15) is 35.3 Å². The number of benzene rings is 2.